The van der Waals surface area contributed by atoms with Crippen LogP contribution in [0.15, 0.2) is 29.3 Å². The van der Waals surface area contributed by atoms with Crippen molar-refractivity contribution in [3.63, 3.8) is 0 Å². The number of benzene rings is 1. The van der Waals surface area contributed by atoms with E-state index in [1.807, 2.05) is 38.2 Å². The number of nitrogens with one attached hydrogen (secondary N) is 2. The van der Waals surface area contributed by atoms with Crippen LogP contribution in [0.2, 0.25) is 0 Å². The Labute approximate surface area is 162 Å². The molecule has 1 heterocycles. The highest BCUT2D eigenvalue weighted by Gasteiger charge is 2.26. The van der Waals surface area contributed by atoms with E-state index in [2.05, 4.69) is 25.8 Å². The van der Waals surface area contributed by atoms with Crippen molar-refractivity contribution in [3.05, 3.63) is 41.5 Å². The highest BCUT2D eigenvalue weighted by Crippen LogP contribution is 2.18. The highest BCUT2D eigenvalue weighted by molar-refractivity contribution is 5.79. The van der Waals surface area contributed by atoms with E-state index in [1.54, 1.807) is 11.7 Å². The fraction of sp³-hybridized carbons (Fsp3) is 0.500. The Morgan fingerprint density at radius 1 is 1.14 bits per heavy atom. The number of aromatic nitrogens is 3. The van der Waals surface area contributed by atoms with Gasteiger partial charge in [-0.3, -0.25) is 0 Å². The molecule has 0 fully saturated rings. The number of guanidine groups is 1. The van der Waals surface area contributed by atoms with Crippen molar-refractivity contribution < 1.29 is 17.9 Å². The summed E-state index contributed by atoms with van der Waals surface area (Å²) < 4.78 is 44.2. The zero-order valence-electron chi connectivity index (χ0n) is 16.2. The average Bonchev–Trinajstić information content (AvgIpc) is 2.97. The Hall–Kier alpha value is -2.78. The zero-order chi connectivity index (χ0) is 20.6. The van der Waals surface area contributed by atoms with Crippen LogP contribution in [-0.2, 0) is 20.0 Å². The Morgan fingerprint density at radius 2 is 1.82 bits per heavy atom. The third-order valence-corrected chi connectivity index (χ3v) is 4.13. The first-order valence-electron chi connectivity index (χ1n) is 8.85. The standard InChI is InChI=1S/C18H25F3N6O/c1-13-25-26-16(27(13)2)12-24-17(23-11-9-18(19,20)21)22-10-8-14-4-6-15(28-3)7-5-14/h4-7H,8-12H2,1-3H3,(H2,22,23,24). The molecule has 2 rings (SSSR count). The molecule has 2 N–H and O–H groups in total. The molecule has 7 nitrogen and oxygen atoms in total. The largest absolute Gasteiger partial charge is 0.497 e. The smallest absolute Gasteiger partial charge is 0.390 e. The number of alkyl halides is 3. The molecule has 154 valence electrons. The Kier molecular flexibility index (Phi) is 7.65. The van der Waals surface area contributed by atoms with Crippen LogP contribution in [0.5, 0.6) is 5.75 Å². The van der Waals surface area contributed by atoms with E-state index in [1.165, 1.54) is 0 Å². The van der Waals surface area contributed by atoms with E-state index in [0.29, 0.717) is 24.7 Å². The van der Waals surface area contributed by atoms with Gasteiger partial charge in [0.1, 0.15) is 18.1 Å². The van der Waals surface area contributed by atoms with Crippen molar-refractivity contribution in [2.45, 2.75) is 32.5 Å². The monoisotopic (exact) mass is 398 g/mol. The van der Waals surface area contributed by atoms with Crippen LogP contribution in [0.1, 0.15) is 23.6 Å². The number of hydrogen-bond donors (Lipinski definition) is 2. The number of nitrogens with zero attached hydrogens (tertiary/aromatic N) is 4. The number of ether oxygens (including phenoxy) is 1. The maximum Gasteiger partial charge on any atom is 0.390 e. The lowest BCUT2D eigenvalue weighted by molar-refractivity contribution is -0.132. The molecule has 0 aliphatic carbocycles. The van der Waals surface area contributed by atoms with Crippen molar-refractivity contribution in [3.8, 4) is 5.75 Å². The Bertz CT molecular complexity index is 771. The van der Waals surface area contributed by atoms with Crippen molar-refractivity contribution in [1.82, 2.24) is 25.4 Å². The molecule has 2 aromatic rings. The van der Waals surface area contributed by atoms with Crippen molar-refractivity contribution in [2.75, 3.05) is 20.2 Å². The average molecular weight is 398 g/mol. The third kappa shape index (κ3) is 7.09. The maximum absolute atomic E-state index is 12.4. The van der Waals surface area contributed by atoms with Crippen molar-refractivity contribution in [2.24, 2.45) is 12.0 Å². The molecule has 10 heteroatoms. The minimum absolute atomic E-state index is 0.210. The molecule has 0 aliphatic heterocycles. The summed E-state index contributed by atoms with van der Waals surface area (Å²) in [5, 5.41) is 13.7. The topological polar surface area (TPSA) is 76.4 Å². The van der Waals surface area contributed by atoms with E-state index in [4.69, 9.17) is 4.74 Å². The molecule has 1 aromatic carbocycles. The molecular weight excluding hydrogens is 373 g/mol. The summed E-state index contributed by atoms with van der Waals surface area (Å²) in [4.78, 5) is 4.33. The van der Waals surface area contributed by atoms with Crippen LogP contribution in [0.4, 0.5) is 13.2 Å². The van der Waals surface area contributed by atoms with Gasteiger partial charge in [0.15, 0.2) is 11.8 Å². The van der Waals surface area contributed by atoms with E-state index in [9.17, 15) is 13.2 Å². The lowest BCUT2D eigenvalue weighted by Gasteiger charge is -2.14. The van der Waals surface area contributed by atoms with E-state index in [0.717, 1.165) is 17.1 Å². The third-order valence-electron chi connectivity index (χ3n) is 4.13. The molecule has 0 bridgehead atoms. The predicted octanol–water partition coefficient (Wildman–Crippen LogP) is 2.36. The second-order valence-corrected chi connectivity index (χ2v) is 6.20. The number of halogens is 3. The second kappa shape index (κ2) is 9.95. The van der Waals surface area contributed by atoms with Gasteiger partial charge >= 0.3 is 6.18 Å². The molecule has 0 unspecified atom stereocenters. The van der Waals surface area contributed by atoms with Crippen molar-refractivity contribution >= 4 is 5.96 Å². The van der Waals surface area contributed by atoms with Gasteiger partial charge in [-0.25, -0.2) is 4.99 Å². The minimum Gasteiger partial charge on any atom is -0.497 e. The van der Waals surface area contributed by atoms with E-state index < -0.39 is 12.6 Å². The predicted molar refractivity (Wildman–Crippen MR) is 100 cm³/mol. The molecule has 0 amide bonds. The van der Waals surface area contributed by atoms with Crippen LogP contribution >= 0.6 is 0 Å². The number of rotatable bonds is 8. The fourth-order valence-corrected chi connectivity index (χ4v) is 2.35. The molecule has 28 heavy (non-hydrogen) atoms. The van der Waals surface area contributed by atoms with Gasteiger partial charge in [-0.05, 0) is 31.0 Å². The SMILES string of the molecule is COc1ccc(CCNC(=NCc2nnc(C)n2C)NCCC(F)(F)F)cc1. The summed E-state index contributed by atoms with van der Waals surface area (Å²) in [6.07, 6.45) is -4.47. The first kappa shape index (κ1) is 21.5. The van der Waals surface area contributed by atoms with E-state index in [-0.39, 0.29) is 13.1 Å². The van der Waals surface area contributed by atoms with Gasteiger partial charge in [-0.2, -0.15) is 13.2 Å². The molecule has 0 saturated carbocycles. The van der Waals surface area contributed by atoms with Crippen LogP contribution in [0.3, 0.4) is 0 Å². The van der Waals surface area contributed by atoms with Crippen LogP contribution < -0.4 is 15.4 Å². The number of methoxy groups -OCH3 is 1. The molecule has 1 aromatic heterocycles. The van der Waals surface area contributed by atoms with Crippen LogP contribution in [0, 0.1) is 6.92 Å². The maximum atomic E-state index is 12.4. The fourth-order valence-electron chi connectivity index (χ4n) is 2.35. The number of hydrogen-bond acceptors (Lipinski definition) is 4. The van der Waals surface area contributed by atoms with Gasteiger partial charge < -0.3 is 19.9 Å². The Balaban J connectivity index is 1.93. The summed E-state index contributed by atoms with van der Waals surface area (Å²) in [6.45, 7) is 2.29. The molecule has 0 aliphatic rings. The summed E-state index contributed by atoms with van der Waals surface area (Å²) in [5.41, 5.74) is 1.08. The summed E-state index contributed by atoms with van der Waals surface area (Å²) in [7, 11) is 3.42. The summed E-state index contributed by atoms with van der Waals surface area (Å²) in [6, 6.07) is 7.61. The van der Waals surface area contributed by atoms with Gasteiger partial charge in [-0.15, -0.1) is 10.2 Å². The quantitative estimate of drug-likeness (QED) is 0.527. The van der Waals surface area contributed by atoms with Gasteiger partial charge in [0.05, 0.1) is 13.5 Å². The minimum atomic E-state index is -4.22. The van der Waals surface area contributed by atoms with Crippen molar-refractivity contribution in [1.29, 1.82) is 0 Å². The first-order chi connectivity index (χ1) is 13.3. The van der Waals surface area contributed by atoms with Crippen LogP contribution in [-0.4, -0.2) is 47.1 Å². The summed E-state index contributed by atoms with van der Waals surface area (Å²) in [5.74, 6) is 2.44. The molecule has 0 atom stereocenters. The lowest BCUT2D eigenvalue weighted by Crippen LogP contribution is -2.40. The molecule has 0 spiro atoms. The molecule has 0 saturated heterocycles. The van der Waals surface area contributed by atoms with E-state index >= 15 is 0 Å². The number of aryl methyl sites for hydroxylation is 1. The first-order valence-corrected chi connectivity index (χ1v) is 8.85. The summed E-state index contributed by atoms with van der Waals surface area (Å²) >= 11 is 0. The van der Waals surface area contributed by atoms with Gasteiger partial charge in [0.25, 0.3) is 0 Å². The normalized spacial score (nSPS) is 12.1. The second-order valence-electron chi connectivity index (χ2n) is 6.20. The zero-order valence-corrected chi connectivity index (χ0v) is 16.2. The lowest BCUT2D eigenvalue weighted by atomic mass is 10.1. The van der Waals surface area contributed by atoms with Crippen LogP contribution in [0.25, 0.3) is 0 Å². The highest BCUT2D eigenvalue weighted by atomic mass is 19.4. The molecule has 0 radical (unpaired) electrons. The molecular formula is C18H25F3N6O. The van der Waals surface area contributed by atoms with Gasteiger partial charge in [0.2, 0.25) is 0 Å². The number of aliphatic imine (C=N–C) groups is 1. The van der Waals surface area contributed by atoms with Gasteiger partial charge in [0, 0.05) is 20.1 Å². The Morgan fingerprint density at radius 3 is 2.39 bits per heavy atom. The van der Waals surface area contributed by atoms with Gasteiger partial charge in [-0.1, -0.05) is 12.1 Å².